The van der Waals surface area contributed by atoms with E-state index in [1.165, 1.54) is 38.5 Å². The number of hydrogen-bond acceptors (Lipinski definition) is 3. The number of methoxy groups -OCH3 is 1. The van der Waals surface area contributed by atoms with Crippen molar-refractivity contribution in [2.45, 2.75) is 12.6 Å². The van der Waals surface area contributed by atoms with Crippen LogP contribution < -0.4 is 4.74 Å². The molecule has 1 unspecified atom stereocenters. The molecule has 18 heavy (non-hydrogen) atoms. The van der Waals surface area contributed by atoms with E-state index in [-0.39, 0.29) is 11.3 Å². The quantitative estimate of drug-likeness (QED) is 0.779. The summed E-state index contributed by atoms with van der Waals surface area (Å²) in [4.78, 5) is 12.0. The summed E-state index contributed by atoms with van der Waals surface area (Å²) >= 11 is 0. The number of Topliss-reactive ketones (excluding diaryl/α,β-unsaturated/α-hetero) is 1. The van der Waals surface area contributed by atoms with E-state index < -0.39 is 11.5 Å². The number of carbonyl (C=O) groups excluding carboxylic acids is 1. The number of furan rings is 1. The van der Waals surface area contributed by atoms with Crippen LogP contribution in [-0.2, 0) is 5.67 Å². The van der Waals surface area contributed by atoms with Crippen molar-refractivity contribution < 1.29 is 18.3 Å². The standard InChI is InChI=1S/C14H13FO3/c1-14(15,13(16)12-4-3-9-18-12)10-5-7-11(17-2)8-6-10/h3-9H,1-2H3. The summed E-state index contributed by atoms with van der Waals surface area (Å²) in [7, 11) is 1.53. The number of alkyl halides is 1. The molecule has 0 fully saturated rings. The Hall–Kier alpha value is -2.10. The second kappa shape index (κ2) is 4.64. The average Bonchev–Trinajstić information content (AvgIpc) is 2.91. The monoisotopic (exact) mass is 248 g/mol. The molecule has 3 nitrogen and oxygen atoms in total. The van der Waals surface area contributed by atoms with Crippen LogP contribution in [0.1, 0.15) is 23.0 Å². The van der Waals surface area contributed by atoms with Gasteiger partial charge in [0.2, 0.25) is 5.78 Å². The van der Waals surface area contributed by atoms with Gasteiger partial charge in [0.15, 0.2) is 11.4 Å². The van der Waals surface area contributed by atoms with Gasteiger partial charge in [-0.2, -0.15) is 0 Å². The van der Waals surface area contributed by atoms with E-state index >= 15 is 0 Å². The molecule has 0 aliphatic heterocycles. The lowest BCUT2D eigenvalue weighted by Crippen LogP contribution is -2.27. The van der Waals surface area contributed by atoms with E-state index in [1.807, 2.05) is 0 Å². The average molecular weight is 248 g/mol. The number of rotatable bonds is 4. The second-order valence-corrected chi connectivity index (χ2v) is 4.04. The van der Waals surface area contributed by atoms with Gasteiger partial charge in [0.05, 0.1) is 13.4 Å². The third-order valence-electron chi connectivity index (χ3n) is 2.80. The molecule has 2 aromatic rings. The van der Waals surface area contributed by atoms with Gasteiger partial charge in [0, 0.05) is 0 Å². The van der Waals surface area contributed by atoms with Crippen LogP contribution in [0.5, 0.6) is 5.75 Å². The normalized spacial score (nSPS) is 13.9. The van der Waals surface area contributed by atoms with Gasteiger partial charge in [0.25, 0.3) is 0 Å². The molecule has 1 atom stereocenters. The minimum atomic E-state index is -2.12. The van der Waals surface area contributed by atoms with Gasteiger partial charge < -0.3 is 9.15 Å². The molecule has 2 rings (SSSR count). The Morgan fingerprint density at radius 2 is 1.94 bits per heavy atom. The molecule has 0 aliphatic rings. The van der Waals surface area contributed by atoms with E-state index in [0.29, 0.717) is 5.75 Å². The zero-order chi connectivity index (χ0) is 13.2. The lowest BCUT2D eigenvalue weighted by molar-refractivity contribution is 0.0689. The Morgan fingerprint density at radius 1 is 1.28 bits per heavy atom. The topological polar surface area (TPSA) is 39.4 Å². The fourth-order valence-corrected chi connectivity index (χ4v) is 1.67. The number of halogens is 1. The van der Waals surface area contributed by atoms with Crippen molar-refractivity contribution in [2.75, 3.05) is 7.11 Å². The number of ketones is 1. The highest BCUT2D eigenvalue weighted by molar-refractivity contribution is 6.00. The van der Waals surface area contributed by atoms with Crippen molar-refractivity contribution in [3.05, 3.63) is 54.0 Å². The van der Waals surface area contributed by atoms with Crippen molar-refractivity contribution in [3.63, 3.8) is 0 Å². The summed E-state index contributed by atoms with van der Waals surface area (Å²) in [6.07, 6.45) is 1.34. The maximum atomic E-state index is 14.6. The molecule has 4 heteroatoms. The first-order chi connectivity index (χ1) is 8.55. The second-order valence-electron chi connectivity index (χ2n) is 4.04. The maximum Gasteiger partial charge on any atom is 0.239 e. The predicted octanol–water partition coefficient (Wildman–Crippen LogP) is 3.36. The molecule has 1 aromatic heterocycles. The van der Waals surface area contributed by atoms with Crippen LogP contribution in [-0.4, -0.2) is 12.9 Å². The van der Waals surface area contributed by atoms with Crippen molar-refractivity contribution >= 4 is 5.78 Å². The molecule has 0 amide bonds. The van der Waals surface area contributed by atoms with Crippen LogP contribution in [0.3, 0.4) is 0 Å². The molecule has 0 radical (unpaired) electrons. The molecule has 0 spiro atoms. The van der Waals surface area contributed by atoms with Gasteiger partial charge in [-0.1, -0.05) is 12.1 Å². The summed E-state index contributed by atoms with van der Waals surface area (Å²) in [6.45, 7) is 1.22. The fourth-order valence-electron chi connectivity index (χ4n) is 1.67. The summed E-state index contributed by atoms with van der Waals surface area (Å²) in [5, 5.41) is 0. The number of benzene rings is 1. The van der Waals surface area contributed by atoms with E-state index in [2.05, 4.69) is 0 Å². The molecule has 94 valence electrons. The highest BCUT2D eigenvalue weighted by atomic mass is 19.1. The fraction of sp³-hybridized carbons (Fsp3) is 0.214. The molecule has 0 aliphatic carbocycles. The smallest absolute Gasteiger partial charge is 0.239 e. The first kappa shape index (κ1) is 12.4. The van der Waals surface area contributed by atoms with Gasteiger partial charge in [-0.15, -0.1) is 0 Å². The third-order valence-corrected chi connectivity index (χ3v) is 2.80. The minimum absolute atomic E-state index is 0.0100. The highest BCUT2D eigenvalue weighted by Crippen LogP contribution is 2.31. The first-order valence-corrected chi connectivity index (χ1v) is 5.47. The van der Waals surface area contributed by atoms with Crippen molar-refractivity contribution in [2.24, 2.45) is 0 Å². The Kier molecular flexibility index (Phi) is 3.19. The summed E-state index contributed by atoms with van der Waals surface area (Å²) in [5.41, 5.74) is -1.85. The largest absolute Gasteiger partial charge is 0.497 e. The molecule has 0 saturated carbocycles. The van der Waals surface area contributed by atoms with Gasteiger partial charge >= 0.3 is 0 Å². The van der Waals surface area contributed by atoms with Gasteiger partial charge in [-0.05, 0) is 36.8 Å². The number of ether oxygens (including phenoxy) is 1. The SMILES string of the molecule is COc1ccc(C(C)(F)C(=O)c2ccco2)cc1. The van der Waals surface area contributed by atoms with Crippen LogP contribution in [0, 0.1) is 0 Å². The van der Waals surface area contributed by atoms with Crippen LogP contribution in [0.15, 0.2) is 47.1 Å². The summed E-state index contributed by atoms with van der Waals surface area (Å²) in [5.74, 6) is -0.0755. The zero-order valence-electron chi connectivity index (χ0n) is 10.1. The van der Waals surface area contributed by atoms with Crippen molar-refractivity contribution in [3.8, 4) is 5.75 Å². The van der Waals surface area contributed by atoms with E-state index in [1.54, 1.807) is 18.2 Å². The molecule has 0 bridgehead atoms. The Bertz CT molecular complexity index is 527. The molecular weight excluding hydrogens is 235 g/mol. The summed E-state index contributed by atoms with van der Waals surface area (Å²) < 4.78 is 24.5. The molecule has 0 N–H and O–H groups in total. The van der Waals surface area contributed by atoms with E-state index in [9.17, 15) is 9.18 Å². The lowest BCUT2D eigenvalue weighted by atomic mass is 9.92. The minimum Gasteiger partial charge on any atom is -0.497 e. The maximum absolute atomic E-state index is 14.6. The Balaban J connectivity index is 2.32. The van der Waals surface area contributed by atoms with Crippen LogP contribution >= 0.6 is 0 Å². The predicted molar refractivity (Wildman–Crippen MR) is 64.5 cm³/mol. The third kappa shape index (κ3) is 2.14. The molecule has 1 aromatic carbocycles. The highest BCUT2D eigenvalue weighted by Gasteiger charge is 2.37. The Morgan fingerprint density at radius 3 is 2.44 bits per heavy atom. The van der Waals surface area contributed by atoms with Crippen molar-refractivity contribution in [1.82, 2.24) is 0 Å². The first-order valence-electron chi connectivity index (χ1n) is 5.47. The van der Waals surface area contributed by atoms with Crippen LogP contribution in [0.4, 0.5) is 4.39 Å². The van der Waals surface area contributed by atoms with E-state index in [0.717, 1.165) is 0 Å². The lowest BCUT2D eigenvalue weighted by Gasteiger charge is -2.18. The van der Waals surface area contributed by atoms with Crippen LogP contribution in [0.2, 0.25) is 0 Å². The summed E-state index contributed by atoms with van der Waals surface area (Å²) in [6, 6.07) is 9.28. The van der Waals surface area contributed by atoms with Crippen LogP contribution in [0.25, 0.3) is 0 Å². The molecule has 1 heterocycles. The zero-order valence-corrected chi connectivity index (χ0v) is 10.1. The Labute approximate surface area is 104 Å². The number of hydrogen-bond donors (Lipinski definition) is 0. The van der Waals surface area contributed by atoms with Gasteiger partial charge in [-0.25, -0.2) is 4.39 Å². The van der Waals surface area contributed by atoms with Gasteiger partial charge in [-0.3, -0.25) is 4.79 Å². The van der Waals surface area contributed by atoms with E-state index in [4.69, 9.17) is 9.15 Å². The number of carbonyl (C=O) groups is 1. The molecule has 0 saturated heterocycles. The molecular formula is C14H13FO3. The van der Waals surface area contributed by atoms with Crippen molar-refractivity contribution in [1.29, 1.82) is 0 Å². The van der Waals surface area contributed by atoms with Gasteiger partial charge in [0.1, 0.15) is 5.75 Å².